The maximum Gasteiger partial charge on any atom is 0.416 e. The van der Waals surface area contributed by atoms with Crippen LogP contribution in [0.3, 0.4) is 0 Å². The lowest BCUT2D eigenvalue weighted by Gasteiger charge is -2.12. The molecule has 0 radical (unpaired) electrons. The first-order valence-corrected chi connectivity index (χ1v) is 11.4. The van der Waals surface area contributed by atoms with Crippen molar-refractivity contribution in [2.75, 3.05) is 15.8 Å². The van der Waals surface area contributed by atoms with Gasteiger partial charge in [-0.2, -0.15) is 13.2 Å². The number of hydrogen-bond donors (Lipinski definition) is 2. The molecule has 0 saturated heterocycles. The minimum Gasteiger partial charge on any atom is -0.325 e. The second-order valence-electron chi connectivity index (χ2n) is 6.36. The first-order chi connectivity index (χ1) is 14.6. The molecule has 3 aromatic carbocycles. The van der Waals surface area contributed by atoms with Crippen molar-refractivity contribution in [2.45, 2.75) is 16.0 Å². The standard InChI is InChI=1S/C21H17F3N2O3S2/c22-21(23,24)15-5-4-6-17(13-15)26-31(28,29)19-11-9-16(10-12-19)25-20(27)14-30-18-7-2-1-3-8-18/h1-13,26H,14H2,(H,25,27). The molecule has 5 nitrogen and oxygen atoms in total. The van der Waals surface area contributed by atoms with Crippen LogP contribution < -0.4 is 10.0 Å². The molecule has 0 aliphatic heterocycles. The van der Waals surface area contributed by atoms with Gasteiger partial charge in [0.15, 0.2) is 0 Å². The average Bonchev–Trinajstić information content (AvgIpc) is 2.73. The zero-order valence-corrected chi connectivity index (χ0v) is 17.5. The van der Waals surface area contributed by atoms with Gasteiger partial charge in [0.1, 0.15) is 0 Å². The third kappa shape index (κ3) is 6.50. The lowest BCUT2D eigenvalue weighted by Crippen LogP contribution is -2.15. The maximum atomic E-state index is 12.8. The minimum absolute atomic E-state index is 0.151. The fourth-order valence-electron chi connectivity index (χ4n) is 2.55. The molecule has 10 heteroatoms. The fourth-order valence-corrected chi connectivity index (χ4v) is 4.32. The van der Waals surface area contributed by atoms with Crippen molar-refractivity contribution >= 4 is 39.1 Å². The summed E-state index contributed by atoms with van der Waals surface area (Å²) in [7, 11) is -4.10. The number of carbonyl (C=O) groups excluding carboxylic acids is 1. The molecule has 3 aromatic rings. The Morgan fingerprint density at radius 1 is 0.871 bits per heavy atom. The van der Waals surface area contributed by atoms with Crippen LogP contribution in [0, 0.1) is 0 Å². The van der Waals surface area contributed by atoms with Gasteiger partial charge >= 0.3 is 6.18 Å². The summed E-state index contributed by atoms with van der Waals surface area (Å²) in [4.78, 5) is 12.9. The summed E-state index contributed by atoms with van der Waals surface area (Å²) in [6.07, 6.45) is -4.58. The minimum atomic E-state index is -4.58. The molecule has 0 heterocycles. The van der Waals surface area contributed by atoms with Crippen LogP contribution >= 0.6 is 11.8 Å². The third-order valence-electron chi connectivity index (χ3n) is 4.00. The van der Waals surface area contributed by atoms with Crippen molar-refractivity contribution in [3.05, 3.63) is 84.4 Å². The molecule has 0 aromatic heterocycles. The Morgan fingerprint density at radius 3 is 2.19 bits per heavy atom. The summed E-state index contributed by atoms with van der Waals surface area (Å²) in [6.45, 7) is 0. The van der Waals surface area contributed by atoms with E-state index in [0.29, 0.717) is 5.69 Å². The highest BCUT2D eigenvalue weighted by atomic mass is 32.2. The van der Waals surface area contributed by atoms with E-state index in [1.54, 1.807) is 0 Å². The van der Waals surface area contributed by atoms with Crippen LogP contribution in [0.2, 0.25) is 0 Å². The lowest BCUT2D eigenvalue weighted by molar-refractivity contribution is -0.137. The predicted molar refractivity (Wildman–Crippen MR) is 114 cm³/mol. The Labute approximate surface area is 181 Å². The molecule has 0 atom stereocenters. The predicted octanol–water partition coefficient (Wildman–Crippen LogP) is 5.24. The Kier molecular flexibility index (Phi) is 6.91. The van der Waals surface area contributed by atoms with Gasteiger partial charge in [-0.25, -0.2) is 8.42 Å². The maximum absolute atomic E-state index is 12.8. The van der Waals surface area contributed by atoms with Crippen LogP contribution in [0.4, 0.5) is 24.5 Å². The zero-order chi connectivity index (χ0) is 22.5. The Hall–Kier alpha value is -2.98. The van der Waals surface area contributed by atoms with E-state index in [1.807, 2.05) is 30.3 Å². The summed E-state index contributed by atoms with van der Waals surface area (Å²) in [5.74, 6) is -0.0761. The summed E-state index contributed by atoms with van der Waals surface area (Å²) in [5, 5.41) is 2.66. The molecule has 0 fully saturated rings. The normalized spacial score (nSPS) is 11.7. The number of hydrogen-bond acceptors (Lipinski definition) is 4. The number of anilines is 2. The Bertz CT molecular complexity index is 1150. The van der Waals surface area contributed by atoms with Gasteiger partial charge in [0, 0.05) is 16.3 Å². The van der Waals surface area contributed by atoms with Gasteiger partial charge in [-0.1, -0.05) is 24.3 Å². The number of carbonyl (C=O) groups is 1. The van der Waals surface area contributed by atoms with Crippen molar-refractivity contribution in [3.63, 3.8) is 0 Å². The van der Waals surface area contributed by atoms with Gasteiger partial charge < -0.3 is 5.32 Å². The molecule has 0 saturated carbocycles. The van der Waals surface area contributed by atoms with E-state index >= 15 is 0 Å². The van der Waals surface area contributed by atoms with Gasteiger partial charge in [0.05, 0.1) is 16.2 Å². The van der Waals surface area contributed by atoms with Crippen LogP contribution in [0.1, 0.15) is 5.56 Å². The van der Waals surface area contributed by atoms with Crippen molar-refractivity contribution in [1.82, 2.24) is 0 Å². The van der Waals surface area contributed by atoms with Crippen molar-refractivity contribution in [1.29, 1.82) is 0 Å². The van der Waals surface area contributed by atoms with Crippen LogP contribution in [0.15, 0.2) is 88.7 Å². The Morgan fingerprint density at radius 2 is 1.55 bits per heavy atom. The molecule has 1 amide bonds. The van der Waals surface area contributed by atoms with Gasteiger partial charge in [-0.3, -0.25) is 9.52 Å². The highest BCUT2D eigenvalue weighted by Crippen LogP contribution is 2.31. The monoisotopic (exact) mass is 466 g/mol. The van der Waals surface area contributed by atoms with Gasteiger partial charge in [0.25, 0.3) is 10.0 Å². The fraction of sp³-hybridized carbons (Fsp3) is 0.0952. The number of benzene rings is 3. The van der Waals surface area contributed by atoms with Crippen molar-refractivity contribution in [2.24, 2.45) is 0 Å². The van der Waals surface area contributed by atoms with E-state index in [9.17, 15) is 26.4 Å². The second-order valence-corrected chi connectivity index (χ2v) is 9.09. The molecule has 2 N–H and O–H groups in total. The highest BCUT2D eigenvalue weighted by Gasteiger charge is 2.30. The quantitative estimate of drug-likeness (QED) is 0.467. The molecular weight excluding hydrogens is 449 g/mol. The number of sulfonamides is 1. The SMILES string of the molecule is O=C(CSc1ccccc1)Nc1ccc(S(=O)(=O)Nc2cccc(C(F)(F)F)c2)cc1. The topological polar surface area (TPSA) is 75.3 Å². The van der Waals surface area contributed by atoms with Gasteiger partial charge in [-0.05, 0) is 54.6 Å². The van der Waals surface area contributed by atoms with Gasteiger partial charge in [0.2, 0.25) is 5.91 Å². The molecule has 31 heavy (non-hydrogen) atoms. The Balaban J connectivity index is 1.63. The van der Waals surface area contributed by atoms with Crippen LogP contribution in [0.5, 0.6) is 0 Å². The largest absolute Gasteiger partial charge is 0.416 e. The summed E-state index contributed by atoms with van der Waals surface area (Å²) >= 11 is 1.36. The number of alkyl halides is 3. The lowest BCUT2D eigenvalue weighted by atomic mass is 10.2. The van der Waals surface area contributed by atoms with Gasteiger partial charge in [-0.15, -0.1) is 11.8 Å². The van der Waals surface area contributed by atoms with Crippen molar-refractivity contribution < 1.29 is 26.4 Å². The second kappa shape index (κ2) is 9.44. The van der Waals surface area contributed by atoms with E-state index in [2.05, 4.69) is 10.0 Å². The molecule has 0 aliphatic carbocycles. The number of amides is 1. The molecule has 0 aliphatic rings. The van der Waals surface area contributed by atoms with Crippen molar-refractivity contribution in [3.8, 4) is 0 Å². The van der Waals surface area contributed by atoms with E-state index in [0.717, 1.165) is 23.1 Å². The highest BCUT2D eigenvalue weighted by molar-refractivity contribution is 8.00. The molecule has 3 rings (SSSR count). The van der Waals surface area contributed by atoms with E-state index in [4.69, 9.17) is 0 Å². The molecule has 0 spiro atoms. The van der Waals surface area contributed by atoms with Crippen LogP contribution in [-0.2, 0) is 21.0 Å². The zero-order valence-electron chi connectivity index (χ0n) is 15.9. The summed E-state index contributed by atoms with van der Waals surface area (Å²) in [6, 6.07) is 18.6. The third-order valence-corrected chi connectivity index (χ3v) is 6.41. The van der Waals surface area contributed by atoms with Crippen LogP contribution in [0.25, 0.3) is 0 Å². The summed E-state index contributed by atoms with van der Waals surface area (Å²) in [5.41, 5.74) is -0.763. The molecule has 162 valence electrons. The first kappa shape index (κ1) is 22.7. The molecular formula is C21H17F3N2O3S2. The van der Waals surface area contributed by atoms with E-state index < -0.39 is 21.8 Å². The summed E-state index contributed by atoms with van der Waals surface area (Å²) < 4.78 is 65.5. The first-order valence-electron chi connectivity index (χ1n) is 8.91. The van der Waals surface area contributed by atoms with E-state index in [1.165, 1.54) is 42.1 Å². The molecule has 0 unspecified atom stereocenters. The number of thioether (sulfide) groups is 1. The molecule has 0 bridgehead atoms. The van der Waals surface area contributed by atoms with E-state index in [-0.39, 0.29) is 22.2 Å². The number of nitrogens with one attached hydrogen (secondary N) is 2. The number of halogens is 3. The average molecular weight is 467 g/mol. The number of rotatable bonds is 7. The smallest absolute Gasteiger partial charge is 0.325 e. The van der Waals surface area contributed by atoms with Crippen LogP contribution in [-0.4, -0.2) is 20.1 Å².